The fourth-order valence-corrected chi connectivity index (χ4v) is 3.60. The van der Waals surface area contributed by atoms with Crippen molar-refractivity contribution in [2.24, 2.45) is 0 Å². The van der Waals surface area contributed by atoms with Crippen molar-refractivity contribution >= 4 is 34.7 Å². The summed E-state index contributed by atoms with van der Waals surface area (Å²) in [6.07, 6.45) is 2.41. The van der Waals surface area contributed by atoms with E-state index in [2.05, 4.69) is 26.9 Å². The molecule has 0 saturated heterocycles. The predicted octanol–water partition coefficient (Wildman–Crippen LogP) is 2.60. The molecule has 1 N–H and O–H groups in total. The van der Waals surface area contributed by atoms with Gasteiger partial charge >= 0.3 is 0 Å². The van der Waals surface area contributed by atoms with E-state index in [9.17, 15) is 0 Å². The molecular weight excluding hydrogens is 302 g/mol. The molecule has 2 heterocycles. The molecule has 1 aliphatic rings. The van der Waals surface area contributed by atoms with Crippen molar-refractivity contribution in [1.29, 1.82) is 0 Å². The molecule has 19 heavy (non-hydrogen) atoms. The minimum atomic E-state index is 0.540. The number of thiophene rings is 1. The van der Waals surface area contributed by atoms with E-state index in [0.29, 0.717) is 6.04 Å². The summed E-state index contributed by atoms with van der Waals surface area (Å²) in [6.45, 7) is 1.79. The first-order valence-electron chi connectivity index (χ1n) is 6.18. The zero-order chi connectivity index (χ0) is 13.1. The monoisotopic (exact) mass is 315 g/mol. The number of rotatable bonds is 7. The van der Waals surface area contributed by atoms with Crippen molar-refractivity contribution in [2.45, 2.75) is 30.6 Å². The molecule has 0 amide bonds. The van der Waals surface area contributed by atoms with Gasteiger partial charge in [-0.15, -0.1) is 16.4 Å². The Balaban J connectivity index is 1.37. The topological polar surface area (TPSA) is 55.6 Å². The highest BCUT2D eigenvalue weighted by molar-refractivity contribution is 7.99. The Morgan fingerprint density at radius 3 is 3.11 bits per heavy atom. The number of halogens is 1. The van der Waals surface area contributed by atoms with Gasteiger partial charge in [-0.3, -0.25) is 0 Å². The van der Waals surface area contributed by atoms with Gasteiger partial charge in [0.05, 0.1) is 10.4 Å². The standard InChI is InChI=1S/C11H14ClN5S2/c12-10-4-3-9(19-10)7-13-5-6-18-11-14-15-16-17(11)8-1-2-8/h3-4,8,13H,1-2,5-7H2. The first kappa shape index (κ1) is 13.4. The van der Waals surface area contributed by atoms with Crippen molar-refractivity contribution < 1.29 is 0 Å². The normalized spacial score (nSPS) is 15.0. The van der Waals surface area contributed by atoms with Crippen LogP contribution in [0, 0.1) is 0 Å². The van der Waals surface area contributed by atoms with Crippen LogP contribution in [0.25, 0.3) is 0 Å². The number of hydrogen-bond acceptors (Lipinski definition) is 6. The Hall–Kier alpha value is -0.630. The molecule has 2 aromatic heterocycles. The van der Waals surface area contributed by atoms with E-state index >= 15 is 0 Å². The van der Waals surface area contributed by atoms with Crippen molar-refractivity contribution in [1.82, 2.24) is 25.5 Å². The van der Waals surface area contributed by atoms with Gasteiger partial charge in [-0.05, 0) is 35.4 Å². The number of nitrogens with one attached hydrogen (secondary N) is 1. The molecule has 0 aromatic carbocycles. The molecule has 2 aromatic rings. The quantitative estimate of drug-likeness (QED) is 0.629. The third-order valence-electron chi connectivity index (χ3n) is 2.79. The highest BCUT2D eigenvalue weighted by atomic mass is 35.5. The largest absolute Gasteiger partial charge is 0.311 e. The number of hydrogen-bond donors (Lipinski definition) is 1. The van der Waals surface area contributed by atoms with Crippen molar-refractivity contribution in [3.05, 3.63) is 21.3 Å². The first-order valence-corrected chi connectivity index (χ1v) is 8.36. The molecule has 1 saturated carbocycles. The molecule has 102 valence electrons. The van der Waals surface area contributed by atoms with Gasteiger partial charge in [0.15, 0.2) is 0 Å². The van der Waals surface area contributed by atoms with Crippen LogP contribution in [0.4, 0.5) is 0 Å². The minimum Gasteiger partial charge on any atom is -0.311 e. The van der Waals surface area contributed by atoms with Gasteiger partial charge in [0.1, 0.15) is 0 Å². The molecule has 0 atom stereocenters. The highest BCUT2D eigenvalue weighted by Gasteiger charge is 2.27. The van der Waals surface area contributed by atoms with Crippen molar-refractivity contribution in [3.8, 4) is 0 Å². The molecule has 0 unspecified atom stereocenters. The van der Waals surface area contributed by atoms with Crippen LogP contribution in [0.5, 0.6) is 0 Å². The maximum Gasteiger partial charge on any atom is 0.209 e. The molecule has 0 bridgehead atoms. The van der Waals surface area contributed by atoms with Crippen LogP contribution in [0.15, 0.2) is 17.3 Å². The lowest BCUT2D eigenvalue weighted by molar-refractivity contribution is 0.565. The van der Waals surface area contributed by atoms with Crippen molar-refractivity contribution in [2.75, 3.05) is 12.3 Å². The fourth-order valence-electron chi connectivity index (χ4n) is 1.70. The summed E-state index contributed by atoms with van der Waals surface area (Å²) in [5.41, 5.74) is 0. The van der Waals surface area contributed by atoms with Crippen LogP contribution in [-0.2, 0) is 6.54 Å². The van der Waals surface area contributed by atoms with E-state index in [4.69, 9.17) is 11.6 Å². The van der Waals surface area contributed by atoms with Gasteiger partial charge in [-0.1, -0.05) is 23.4 Å². The summed E-state index contributed by atoms with van der Waals surface area (Å²) in [5, 5.41) is 16.2. The number of tetrazole rings is 1. The van der Waals surface area contributed by atoms with Crippen molar-refractivity contribution in [3.63, 3.8) is 0 Å². The van der Waals surface area contributed by atoms with E-state index in [0.717, 1.165) is 28.3 Å². The molecule has 3 rings (SSSR count). The average Bonchev–Trinajstić information content (AvgIpc) is 3.00. The van der Waals surface area contributed by atoms with Gasteiger partial charge in [-0.25, -0.2) is 4.68 Å². The molecule has 1 aliphatic carbocycles. The summed E-state index contributed by atoms with van der Waals surface area (Å²) in [5.74, 6) is 0.964. The zero-order valence-electron chi connectivity index (χ0n) is 10.3. The molecule has 5 nitrogen and oxygen atoms in total. The van der Waals surface area contributed by atoms with E-state index in [1.54, 1.807) is 23.1 Å². The van der Waals surface area contributed by atoms with Gasteiger partial charge in [0.25, 0.3) is 0 Å². The smallest absolute Gasteiger partial charge is 0.209 e. The summed E-state index contributed by atoms with van der Waals surface area (Å²) >= 11 is 9.20. The maximum absolute atomic E-state index is 5.88. The third-order valence-corrected chi connectivity index (χ3v) is 4.96. The minimum absolute atomic E-state index is 0.540. The summed E-state index contributed by atoms with van der Waals surface area (Å²) < 4.78 is 2.79. The summed E-state index contributed by atoms with van der Waals surface area (Å²) in [6, 6.07) is 4.53. The van der Waals surface area contributed by atoms with Crippen LogP contribution in [0.2, 0.25) is 4.34 Å². The molecule has 1 fully saturated rings. The van der Waals surface area contributed by atoms with E-state index in [1.165, 1.54) is 17.7 Å². The van der Waals surface area contributed by atoms with E-state index in [1.807, 2.05) is 10.7 Å². The molecule has 0 aliphatic heterocycles. The lowest BCUT2D eigenvalue weighted by atomic mass is 10.4. The second-order valence-electron chi connectivity index (χ2n) is 4.37. The summed E-state index contributed by atoms with van der Waals surface area (Å²) in [4.78, 5) is 1.26. The Morgan fingerprint density at radius 1 is 1.47 bits per heavy atom. The number of nitrogens with zero attached hydrogens (tertiary/aromatic N) is 4. The Bertz CT molecular complexity index is 537. The van der Waals surface area contributed by atoms with Crippen LogP contribution in [0.1, 0.15) is 23.8 Å². The van der Waals surface area contributed by atoms with Gasteiger partial charge in [0, 0.05) is 23.7 Å². The Morgan fingerprint density at radius 2 is 2.37 bits per heavy atom. The molecular formula is C11H14ClN5S2. The predicted molar refractivity (Wildman–Crippen MR) is 77.8 cm³/mol. The SMILES string of the molecule is Clc1ccc(CNCCSc2nnnn2C2CC2)s1. The van der Waals surface area contributed by atoms with Crippen LogP contribution in [-0.4, -0.2) is 32.5 Å². The van der Waals surface area contributed by atoms with Crippen LogP contribution < -0.4 is 5.32 Å². The van der Waals surface area contributed by atoms with Crippen LogP contribution in [0.3, 0.4) is 0 Å². The Labute approximate surface area is 124 Å². The average molecular weight is 316 g/mol. The maximum atomic E-state index is 5.88. The van der Waals surface area contributed by atoms with E-state index in [-0.39, 0.29) is 0 Å². The first-order chi connectivity index (χ1) is 9.33. The highest BCUT2D eigenvalue weighted by Crippen LogP contribution is 2.36. The zero-order valence-corrected chi connectivity index (χ0v) is 12.6. The molecule has 0 spiro atoms. The van der Waals surface area contributed by atoms with Gasteiger partial charge < -0.3 is 5.32 Å². The Kier molecular flexibility index (Phi) is 4.37. The third kappa shape index (κ3) is 3.68. The second-order valence-corrected chi connectivity index (χ2v) is 7.23. The lowest BCUT2D eigenvalue weighted by Crippen LogP contribution is -2.16. The molecule has 8 heteroatoms. The number of thioether (sulfide) groups is 1. The lowest BCUT2D eigenvalue weighted by Gasteiger charge is -2.03. The van der Waals surface area contributed by atoms with E-state index < -0.39 is 0 Å². The fraction of sp³-hybridized carbons (Fsp3) is 0.545. The number of aromatic nitrogens is 4. The molecule has 0 radical (unpaired) electrons. The van der Waals surface area contributed by atoms with Crippen LogP contribution >= 0.6 is 34.7 Å². The second kappa shape index (κ2) is 6.21. The van der Waals surface area contributed by atoms with Gasteiger partial charge in [-0.2, -0.15) is 0 Å². The van der Waals surface area contributed by atoms with Gasteiger partial charge in [0.2, 0.25) is 5.16 Å². The summed E-state index contributed by atoms with van der Waals surface area (Å²) in [7, 11) is 0.